The molecule has 0 aromatic heterocycles. The number of nitriles is 1. The molecule has 0 aliphatic carbocycles. The third kappa shape index (κ3) is 5.65. The average Bonchev–Trinajstić information content (AvgIpc) is 2.39. The van der Waals surface area contributed by atoms with Crippen molar-refractivity contribution in [1.29, 1.82) is 5.26 Å². The number of hydrogen-bond donors (Lipinski definition) is 2. The van der Waals surface area contributed by atoms with Crippen LogP contribution in [0.25, 0.3) is 0 Å². The normalized spacial score (nSPS) is 10.4. The van der Waals surface area contributed by atoms with Gasteiger partial charge in [-0.05, 0) is 36.5 Å². The number of nitrogens with zero attached hydrogens (tertiary/aromatic N) is 1. The van der Waals surface area contributed by atoms with Gasteiger partial charge in [-0.1, -0.05) is 32.8 Å². The lowest BCUT2D eigenvalue weighted by Gasteiger charge is -2.11. The molecule has 0 saturated heterocycles. The molecule has 19 heavy (non-hydrogen) atoms. The number of anilines is 1. The lowest BCUT2D eigenvalue weighted by molar-refractivity contribution is 0.476. The second kappa shape index (κ2) is 8.42. The van der Waals surface area contributed by atoms with E-state index in [-0.39, 0.29) is 0 Å². The fraction of sp³-hybridized carbons (Fsp3) is 0.562. The maximum absolute atomic E-state index is 9.91. The molecule has 1 aromatic carbocycles. The van der Waals surface area contributed by atoms with Crippen molar-refractivity contribution in [2.45, 2.75) is 51.9 Å². The molecule has 0 unspecified atom stereocenters. The van der Waals surface area contributed by atoms with Crippen molar-refractivity contribution in [3.05, 3.63) is 23.8 Å². The largest absolute Gasteiger partial charge is 0.506 e. The van der Waals surface area contributed by atoms with E-state index in [9.17, 15) is 5.11 Å². The van der Waals surface area contributed by atoms with Crippen LogP contribution in [0.5, 0.6) is 5.75 Å². The van der Waals surface area contributed by atoms with E-state index in [0.717, 1.165) is 43.5 Å². The summed E-state index contributed by atoms with van der Waals surface area (Å²) in [4.78, 5) is 0. The Kier molecular flexibility index (Phi) is 6.81. The van der Waals surface area contributed by atoms with Crippen molar-refractivity contribution in [3.8, 4) is 11.8 Å². The zero-order chi connectivity index (χ0) is 14.1. The molecule has 104 valence electrons. The van der Waals surface area contributed by atoms with Crippen LogP contribution < -0.4 is 5.32 Å². The number of rotatable bonds is 8. The summed E-state index contributed by atoms with van der Waals surface area (Å²) in [5, 5.41) is 21.6. The van der Waals surface area contributed by atoms with Crippen LogP contribution in [-0.4, -0.2) is 11.7 Å². The molecule has 1 aromatic rings. The summed E-state index contributed by atoms with van der Waals surface area (Å²) in [6.07, 6.45) is 4.94. The Morgan fingerprint density at radius 3 is 2.58 bits per heavy atom. The lowest BCUT2D eigenvalue weighted by atomic mass is 10.0. The van der Waals surface area contributed by atoms with E-state index in [2.05, 4.69) is 31.3 Å². The highest BCUT2D eigenvalue weighted by molar-refractivity contribution is 5.57. The number of benzene rings is 1. The third-order valence-corrected chi connectivity index (χ3v) is 3.22. The Bertz CT molecular complexity index is 421. The molecule has 0 aliphatic rings. The molecular formula is C16H24N2O. The van der Waals surface area contributed by atoms with E-state index >= 15 is 0 Å². The minimum atomic E-state index is 0.329. The summed E-state index contributed by atoms with van der Waals surface area (Å²) in [6, 6.07) is 7.99. The van der Waals surface area contributed by atoms with Crippen molar-refractivity contribution >= 4 is 5.69 Å². The standard InChI is InChI=1S/C16H24N2O/c1-13(2)14-8-9-15(16(19)12-14)18-11-7-5-3-4-6-10-17/h8-9,12-13,18-19H,3-7,11H2,1-2H3. The van der Waals surface area contributed by atoms with Crippen molar-refractivity contribution in [1.82, 2.24) is 0 Å². The zero-order valence-corrected chi connectivity index (χ0v) is 11.9. The van der Waals surface area contributed by atoms with Gasteiger partial charge in [-0.15, -0.1) is 0 Å². The summed E-state index contributed by atoms with van der Waals surface area (Å²) >= 11 is 0. The van der Waals surface area contributed by atoms with Crippen LogP contribution in [0.1, 0.15) is 57.4 Å². The van der Waals surface area contributed by atoms with E-state index < -0.39 is 0 Å². The highest BCUT2D eigenvalue weighted by Crippen LogP contribution is 2.27. The van der Waals surface area contributed by atoms with Gasteiger partial charge in [-0.3, -0.25) is 0 Å². The summed E-state index contributed by atoms with van der Waals surface area (Å²) in [7, 11) is 0. The van der Waals surface area contributed by atoms with Crippen LogP contribution in [0.2, 0.25) is 0 Å². The van der Waals surface area contributed by atoms with Crippen molar-refractivity contribution in [2.24, 2.45) is 0 Å². The van der Waals surface area contributed by atoms with Gasteiger partial charge in [0.05, 0.1) is 11.8 Å². The second-order valence-corrected chi connectivity index (χ2v) is 5.18. The number of hydrogen-bond acceptors (Lipinski definition) is 3. The molecular weight excluding hydrogens is 236 g/mol. The summed E-state index contributed by atoms with van der Waals surface area (Å²) in [6.45, 7) is 5.09. The molecule has 0 heterocycles. The van der Waals surface area contributed by atoms with Gasteiger partial charge in [0.1, 0.15) is 5.75 Å². The molecule has 0 spiro atoms. The van der Waals surface area contributed by atoms with E-state index in [1.54, 1.807) is 0 Å². The van der Waals surface area contributed by atoms with Crippen molar-refractivity contribution < 1.29 is 5.11 Å². The van der Waals surface area contributed by atoms with Crippen molar-refractivity contribution in [2.75, 3.05) is 11.9 Å². The predicted molar refractivity (Wildman–Crippen MR) is 79.4 cm³/mol. The molecule has 3 nitrogen and oxygen atoms in total. The molecule has 0 saturated carbocycles. The van der Waals surface area contributed by atoms with Crippen LogP contribution in [0.15, 0.2) is 18.2 Å². The summed E-state index contributed by atoms with van der Waals surface area (Å²) in [5.74, 6) is 0.760. The van der Waals surface area contributed by atoms with Gasteiger partial charge in [0.15, 0.2) is 0 Å². The van der Waals surface area contributed by atoms with Crippen LogP contribution in [-0.2, 0) is 0 Å². The van der Waals surface area contributed by atoms with Crippen LogP contribution >= 0.6 is 0 Å². The quantitative estimate of drug-likeness (QED) is 0.538. The highest BCUT2D eigenvalue weighted by Gasteiger charge is 2.04. The lowest BCUT2D eigenvalue weighted by Crippen LogP contribution is -2.02. The molecule has 0 atom stereocenters. The summed E-state index contributed by atoms with van der Waals surface area (Å²) < 4.78 is 0. The molecule has 0 fully saturated rings. The Labute approximate surface area is 116 Å². The molecule has 2 N–H and O–H groups in total. The van der Waals surface area contributed by atoms with Gasteiger partial charge in [0, 0.05) is 13.0 Å². The third-order valence-electron chi connectivity index (χ3n) is 3.22. The second-order valence-electron chi connectivity index (χ2n) is 5.18. The van der Waals surface area contributed by atoms with Gasteiger partial charge in [-0.2, -0.15) is 5.26 Å². The van der Waals surface area contributed by atoms with Gasteiger partial charge >= 0.3 is 0 Å². The summed E-state index contributed by atoms with van der Waals surface area (Å²) in [5.41, 5.74) is 1.96. The van der Waals surface area contributed by atoms with Crippen LogP contribution in [0, 0.1) is 11.3 Å². The minimum Gasteiger partial charge on any atom is -0.506 e. The van der Waals surface area contributed by atoms with E-state index in [1.165, 1.54) is 0 Å². The smallest absolute Gasteiger partial charge is 0.138 e. The fourth-order valence-corrected chi connectivity index (χ4v) is 1.96. The minimum absolute atomic E-state index is 0.329. The van der Waals surface area contributed by atoms with E-state index in [1.807, 2.05) is 12.1 Å². The zero-order valence-electron chi connectivity index (χ0n) is 11.9. The Hall–Kier alpha value is -1.69. The maximum atomic E-state index is 9.91. The van der Waals surface area contributed by atoms with Gasteiger partial charge in [-0.25, -0.2) is 0 Å². The Morgan fingerprint density at radius 2 is 1.95 bits per heavy atom. The maximum Gasteiger partial charge on any atom is 0.138 e. The first-order chi connectivity index (χ1) is 9.15. The highest BCUT2D eigenvalue weighted by atomic mass is 16.3. The van der Waals surface area contributed by atoms with Gasteiger partial charge < -0.3 is 10.4 Å². The molecule has 0 aliphatic heterocycles. The topological polar surface area (TPSA) is 56.0 Å². The van der Waals surface area contributed by atoms with Gasteiger partial charge in [0.2, 0.25) is 0 Å². The number of nitrogens with one attached hydrogen (secondary N) is 1. The Morgan fingerprint density at radius 1 is 1.21 bits per heavy atom. The molecule has 0 radical (unpaired) electrons. The van der Waals surface area contributed by atoms with E-state index in [4.69, 9.17) is 5.26 Å². The molecule has 1 rings (SSSR count). The fourth-order valence-electron chi connectivity index (χ4n) is 1.96. The SMILES string of the molecule is CC(C)c1ccc(NCCCCCCC#N)c(O)c1. The average molecular weight is 260 g/mol. The molecule has 0 amide bonds. The molecule has 0 bridgehead atoms. The first kappa shape index (κ1) is 15.4. The number of unbranched alkanes of at least 4 members (excludes halogenated alkanes) is 4. The predicted octanol–water partition coefficient (Wildman–Crippen LogP) is 4.40. The number of aromatic hydroxyl groups is 1. The monoisotopic (exact) mass is 260 g/mol. The van der Waals surface area contributed by atoms with Gasteiger partial charge in [0.25, 0.3) is 0 Å². The van der Waals surface area contributed by atoms with Crippen molar-refractivity contribution in [3.63, 3.8) is 0 Å². The first-order valence-corrected chi connectivity index (χ1v) is 7.09. The van der Waals surface area contributed by atoms with Crippen LogP contribution in [0.4, 0.5) is 5.69 Å². The number of phenolic OH excluding ortho intramolecular Hbond substituents is 1. The number of phenols is 1. The Balaban J connectivity index is 2.28. The first-order valence-electron chi connectivity index (χ1n) is 7.09. The van der Waals surface area contributed by atoms with E-state index in [0.29, 0.717) is 18.1 Å². The van der Waals surface area contributed by atoms with Crippen LogP contribution in [0.3, 0.4) is 0 Å². The molecule has 3 heteroatoms.